The number of alkyl halides is 2. The summed E-state index contributed by atoms with van der Waals surface area (Å²) in [6.07, 6.45) is -0.131. The molecule has 2 heterocycles. The summed E-state index contributed by atoms with van der Waals surface area (Å²) in [4.78, 5) is 17.5. The fraction of sp³-hybridized carbons (Fsp3) is 0.692. The number of nitrogens with zero attached hydrogens (tertiary/aromatic N) is 2. The van der Waals surface area contributed by atoms with E-state index in [1.807, 2.05) is 0 Å². The Kier molecular flexibility index (Phi) is 4.69. The van der Waals surface area contributed by atoms with Crippen molar-refractivity contribution in [3.8, 4) is 0 Å². The lowest BCUT2D eigenvalue weighted by Crippen LogP contribution is -2.56. The number of halogens is 2. The summed E-state index contributed by atoms with van der Waals surface area (Å²) in [7, 11) is 0. The van der Waals surface area contributed by atoms with Gasteiger partial charge in [0, 0.05) is 12.7 Å². The molecule has 6 nitrogen and oxygen atoms in total. The second-order valence-corrected chi connectivity index (χ2v) is 7.30. The summed E-state index contributed by atoms with van der Waals surface area (Å²) in [6, 6.07) is 0. The lowest BCUT2D eigenvalue weighted by Gasteiger charge is -2.39. The summed E-state index contributed by atoms with van der Waals surface area (Å²) in [5.74, 6) is -2.66. The van der Waals surface area contributed by atoms with Crippen molar-refractivity contribution in [1.82, 2.24) is 9.88 Å². The number of β-amino-alcohol motifs (C(OH)–C–C–N with tert-alkyl or cyclic N) is 1. The average molecular weight is 335 g/mol. The maximum atomic E-state index is 12.7. The van der Waals surface area contributed by atoms with E-state index in [-0.39, 0.29) is 24.8 Å². The molecular formula is C13H19F2N3O3S. The zero-order valence-corrected chi connectivity index (χ0v) is 13.4. The molecule has 0 radical (unpaired) electrons. The highest BCUT2D eigenvalue weighted by molar-refractivity contribution is 7.15. The molecule has 124 valence electrons. The van der Waals surface area contributed by atoms with Gasteiger partial charge in [0.15, 0.2) is 5.13 Å². The molecule has 1 saturated heterocycles. The molecule has 1 aromatic heterocycles. The molecule has 1 aliphatic rings. The van der Waals surface area contributed by atoms with Gasteiger partial charge in [0.2, 0.25) is 0 Å². The number of likely N-dealkylation sites (tertiary alicyclic amines) is 1. The van der Waals surface area contributed by atoms with Crippen LogP contribution in [0.3, 0.4) is 0 Å². The molecule has 22 heavy (non-hydrogen) atoms. The predicted molar refractivity (Wildman–Crippen MR) is 78.3 cm³/mol. The number of nitrogens with one attached hydrogen (secondary N) is 1. The summed E-state index contributed by atoms with van der Waals surface area (Å²) >= 11 is 1.08. The Morgan fingerprint density at radius 1 is 1.59 bits per heavy atom. The first-order valence-electron chi connectivity index (χ1n) is 6.78. The van der Waals surface area contributed by atoms with Crippen molar-refractivity contribution in [1.29, 1.82) is 0 Å². The van der Waals surface area contributed by atoms with E-state index in [9.17, 15) is 18.7 Å². The number of aliphatic hydroxyl groups is 1. The van der Waals surface area contributed by atoms with Gasteiger partial charge in [-0.3, -0.25) is 10.2 Å². The van der Waals surface area contributed by atoms with Gasteiger partial charge >= 0.3 is 6.09 Å². The number of amides is 1. The third-order valence-electron chi connectivity index (χ3n) is 2.80. The molecule has 1 aliphatic heterocycles. The summed E-state index contributed by atoms with van der Waals surface area (Å²) in [5, 5.41) is 12.8. The van der Waals surface area contributed by atoms with Crippen LogP contribution >= 0.6 is 11.3 Å². The number of thiazole rings is 1. The van der Waals surface area contributed by atoms with Gasteiger partial charge in [-0.05, 0) is 20.8 Å². The smallest absolute Gasteiger partial charge is 0.413 e. The lowest BCUT2D eigenvalue weighted by molar-refractivity contribution is -0.138. The molecule has 2 N–H and O–H groups in total. The molecule has 0 bridgehead atoms. The lowest BCUT2D eigenvalue weighted by atomic mass is 10.1. The molecule has 1 fully saturated rings. The summed E-state index contributed by atoms with van der Waals surface area (Å²) in [6.45, 7) is 4.66. The molecule has 9 heteroatoms. The van der Waals surface area contributed by atoms with Gasteiger partial charge < -0.3 is 9.84 Å². The Balaban J connectivity index is 1.84. The molecule has 0 aliphatic carbocycles. The number of ether oxygens (including phenoxy) is 1. The zero-order chi connectivity index (χ0) is 16.5. The predicted octanol–water partition coefficient (Wildman–Crippen LogP) is 2.47. The number of aromatic nitrogens is 1. The fourth-order valence-electron chi connectivity index (χ4n) is 1.96. The first kappa shape index (κ1) is 17.0. The minimum atomic E-state index is -2.66. The van der Waals surface area contributed by atoms with E-state index < -0.39 is 23.7 Å². The highest BCUT2D eigenvalue weighted by Crippen LogP contribution is 2.31. The average Bonchev–Trinajstić information content (AvgIpc) is 2.72. The molecule has 0 saturated carbocycles. The van der Waals surface area contributed by atoms with Crippen molar-refractivity contribution in [3.05, 3.63) is 11.1 Å². The maximum Gasteiger partial charge on any atom is 0.413 e. The SMILES string of the molecule is CC(C)(C)OC(=O)Nc1ncc(C(O)CN2CC(F)(F)C2)s1. The molecule has 1 unspecified atom stereocenters. The van der Waals surface area contributed by atoms with Crippen LogP contribution < -0.4 is 5.32 Å². The molecule has 2 rings (SSSR count). The minimum Gasteiger partial charge on any atom is -0.444 e. The topological polar surface area (TPSA) is 74.7 Å². The monoisotopic (exact) mass is 335 g/mol. The van der Waals surface area contributed by atoms with E-state index in [0.717, 1.165) is 11.3 Å². The number of hydrogen-bond acceptors (Lipinski definition) is 6. The maximum absolute atomic E-state index is 12.7. The Bertz CT molecular complexity index is 537. The van der Waals surface area contributed by atoms with Gasteiger partial charge in [-0.1, -0.05) is 11.3 Å². The summed E-state index contributed by atoms with van der Waals surface area (Å²) < 4.78 is 30.5. The van der Waals surface area contributed by atoms with Crippen molar-refractivity contribution < 1.29 is 23.4 Å². The highest BCUT2D eigenvalue weighted by Gasteiger charge is 2.44. The fourth-order valence-corrected chi connectivity index (χ4v) is 2.74. The number of carbonyl (C=O) groups is 1. The van der Waals surface area contributed by atoms with Gasteiger partial charge in [0.05, 0.1) is 18.0 Å². The second kappa shape index (κ2) is 6.05. The van der Waals surface area contributed by atoms with Crippen molar-refractivity contribution in [2.75, 3.05) is 25.0 Å². The van der Waals surface area contributed by atoms with Gasteiger partial charge in [0.25, 0.3) is 5.92 Å². The van der Waals surface area contributed by atoms with Crippen LogP contribution in [0, 0.1) is 0 Å². The Morgan fingerprint density at radius 3 is 2.77 bits per heavy atom. The van der Waals surface area contributed by atoms with Crippen LogP contribution in [0.25, 0.3) is 0 Å². The van der Waals surface area contributed by atoms with E-state index in [1.165, 1.54) is 11.1 Å². The Morgan fingerprint density at radius 2 is 2.23 bits per heavy atom. The van der Waals surface area contributed by atoms with Crippen LogP contribution in [0.15, 0.2) is 6.20 Å². The number of hydrogen-bond donors (Lipinski definition) is 2. The molecule has 0 aromatic carbocycles. The van der Waals surface area contributed by atoms with Crippen molar-refractivity contribution in [3.63, 3.8) is 0 Å². The number of rotatable bonds is 4. The standard InChI is InChI=1S/C13H19F2N3O3S/c1-12(2,3)21-11(20)17-10-16-4-9(22-10)8(19)5-18-6-13(14,15)7-18/h4,8,19H,5-7H2,1-3H3,(H,16,17,20). The molecular weight excluding hydrogens is 316 g/mol. The molecule has 1 amide bonds. The van der Waals surface area contributed by atoms with E-state index in [0.29, 0.717) is 4.88 Å². The second-order valence-electron chi connectivity index (χ2n) is 6.24. The van der Waals surface area contributed by atoms with Crippen molar-refractivity contribution in [2.45, 2.75) is 38.4 Å². The van der Waals surface area contributed by atoms with Crippen LogP contribution in [0.1, 0.15) is 31.8 Å². The van der Waals surface area contributed by atoms with Crippen LogP contribution in [-0.4, -0.2) is 52.2 Å². The third kappa shape index (κ3) is 4.85. The normalized spacial score (nSPS) is 19.4. The van der Waals surface area contributed by atoms with Crippen molar-refractivity contribution >= 4 is 22.6 Å². The zero-order valence-electron chi connectivity index (χ0n) is 12.6. The quantitative estimate of drug-likeness (QED) is 0.884. The molecule has 1 atom stereocenters. The van der Waals surface area contributed by atoms with E-state index in [2.05, 4.69) is 10.3 Å². The van der Waals surface area contributed by atoms with Gasteiger partial charge in [-0.25, -0.2) is 18.6 Å². The highest BCUT2D eigenvalue weighted by atomic mass is 32.1. The Hall–Kier alpha value is -1.32. The number of aliphatic hydroxyl groups excluding tert-OH is 1. The summed E-state index contributed by atoms with van der Waals surface area (Å²) in [5.41, 5.74) is -0.619. The first-order valence-corrected chi connectivity index (χ1v) is 7.60. The van der Waals surface area contributed by atoms with Crippen LogP contribution in [0.5, 0.6) is 0 Å². The van der Waals surface area contributed by atoms with Crippen LogP contribution in [0.4, 0.5) is 18.7 Å². The van der Waals surface area contributed by atoms with Crippen molar-refractivity contribution in [2.24, 2.45) is 0 Å². The Labute approximate surface area is 131 Å². The molecule has 0 spiro atoms. The number of carbonyl (C=O) groups excluding carboxylic acids is 1. The van der Waals surface area contributed by atoms with Crippen LogP contribution in [0.2, 0.25) is 0 Å². The molecule has 1 aromatic rings. The first-order chi connectivity index (χ1) is 10.0. The van der Waals surface area contributed by atoms with E-state index in [4.69, 9.17) is 4.74 Å². The van der Waals surface area contributed by atoms with Gasteiger partial charge in [-0.15, -0.1) is 0 Å². The van der Waals surface area contributed by atoms with Gasteiger partial charge in [-0.2, -0.15) is 0 Å². The van der Waals surface area contributed by atoms with Crippen LogP contribution in [-0.2, 0) is 4.74 Å². The van der Waals surface area contributed by atoms with E-state index in [1.54, 1.807) is 20.8 Å². The largest absolute Gasteiger partial charge is 0.444 e. The third-order valence-corrected chi connectivity index (χ3v) is 3.81. The number of anilines is 1. The van der Waals surface area contributed by atoms with E-state index >= 15 is 0 Å². The minimum absolute atomic E-state index is 0.115. The van der Waals surface area contributed by atoms with Gasteiger partial charge in [0.1, 0.15) is 11.7 Å².